The van der Waals surface area contributed by atoms with Gasteiger partial charge in [0.1, 0.15) is 5.69 Å². The maximum absolute atomic E-state index is 5.31. The zero-order chi connectivity index (χ0) is 8.81. The molecular formula is C10H12N2. The number of rotatable bonds is 1. The molecule has 0 saturated heterocycles. The Labute approximate surface area is 72.8 Å². The molecule has 0 atom stereocenters. The van der Waals surface area contributed by atoms with Crippen LogP contribution in [-0.2, 0) is 0 Å². The molecule has 62 valence electrons. The highest BCUT2D eigenvalue weighted by atomic mass is 14.7. The number of aryl methyl sites for hydroxylation is 1. The molecular weight excluding hydrogens is 148 g/mol. The van der Waals surface area contributed by atoms with Crippen molar-refractivity contribution in [2.75, 3.05) is 6.54 Å². The Morgan fingerprint density at radius 1 is 1.58 bits per heavy atom. The van der Waals surface area contributed by atoms with Crippen LogP contribution >= 0.6 is 0 Å². The standard InChI is InChI=1S/C10H12N2/c1-9-5-4-8-12-10(9)6-2-3-7-11/h4-5,8H,3,7,11H2,1H3. The van der Waals surface area contributed by atoms with Crippen LogP contribution in [-0.4, -0.2) is 11.5 Å². The monoisotopic (exact) mass is 160 g/mol. The molecule has 2 nitrogen and oxygen atoms in total. The van der Waals surface area contributed by atoms with Crippen molar-refractivity contribution in [1.29, 1.82) is 0 Å². The molecule has 0 radical (unpaired) electrons. The summed E-state index contributed by atoms with van der Waals surface area (Å²) in [6.07, 6.45) is 2.48. The molecule has 0 amide bonds. The molecule has 0 aliphatic carbocycles. The highest BCUT2D eigenvalue weighted by molar-refractivity contribution is 5.34. The van der Waals surface area contributed by atoms with Gasteiger partial charge in [-0.1, -0.05) is 12.0 Å². The number of hydrogen-bond acceptors (Lipinski definition) is 2. The molecule has 0 bridgehead atoms. The fourth-order valence-corrected chi connectivity index (χ4v) is 0.835. The quantitative estimate of drug-likeness (QED) is 0.624. The SMILES string of the molecule is Cc1cccnc1C#CCCN. The molecule has 0 aromatic carbocycles. The van der Waals surface area contributed by atoms with E-state index in [0.717, 1.165) is 17.7 Å². The third-order valence-electron chi connectivity index (χ3n) is 1.49. The lowest BCUT2D eigenvalue weighted by molar-refractivity contribution is 1.03. The topological polar surface area (TPSA) is 38.9 Å². The second-order valence-electron chi connectivity index (χ2n) is 2.51. The van der Waals surface area contributed by atoms with Crippen molar-refractivity contribution in [3.63, 3.8) is 0 Å². The first-order valence-corrected chi connectivity index (χ1v) is 3.95. The molecule has 1 rings (SSSR count). The van der Waals surface area contributed by atoms with Crippen LogP contribution in [0.5, 0.6) is 0 Å². The molecule has 0 spiro atoms. The average molecular weight is 160 g/mol. The zero-order valence-corrected chi connectivity index (χ0v) is 7.17. The fourth-order valence-electron chi connectivity index (χ4n) is 0.835. The van der Waals surface area contributed by atoms with Crippen LogP contribution in [0, 0.1) is 18.8 Å². The number of nitrogens with two attached hydrogens (primary N) is 1. The van der Waals surface area contributed by atoms with Gasteiger partial charge >= 0.3 is 0 Å². The van der Waals surface area contributed by atoms with Crippen molar-refractivity contribution < 1.29 is 0 Å². The van der Waals surface area contributed by atoms with Gasteiger partial charge < -0.3 is 5.73 Å². The van der Waals surface area contributed by atoms with Crippen molar-refractivity contribution >= 4 is 0 Å². The van der Waals surface area contributed by atoms with E-state index in [1.165, 1.54) is 0 Å². The summed E-state index contributed by atoms with van der Waals surface area (Å²) < 4.78 is 0. The van der Waals surface area contributed by atoms with E-state index in [0.29, 0.717) is 6.54 Å². The lowest BCUT2D eigenvalue weighted by Gasteiger charge is -1.93. The predicted octanol–water partition coefficient (Wildman–Crippen LogP) is 1.09. The summed E-state index contributed by atoms with van der Waals surface area (Å²) in [6.45, 7) is 2.61. The van der Waals surface area contributed by atoms with Crippen molar-refractivity contribution in [1.82, 2.24) is 4.98 Å². The summed E-state index contributed by atoms with van der Waals surface area (Å²) in [6, 6.07) is 3.91. The Balaban J connectivity index is 2.77. The second-order valence-corrected chi connectivity index (χ2v) is 2.51. The van der Waals surface area contributed by atoms with Gasteiger partial charge in [0.05, 0.1) is 0 Å². The first-order valence-electron chi connectivity index (χ1n) is 3.95. The second kappa shape index (κ2) is 4.53. The minimum absolute atomic E-state index is 0.610. The third kappa shape index (κ3) is 2.37. The molecule has 2 N–H and O–H groups in total. The molecule has 1 aromatic heterocycles. The lowest BCUT2D eigenvalue weighted by Crippen LogP contribution is -1.95. The molecule has 0 aliphatic heterocycles. The van der Waals surface area contributed by atoms with E-state index in [9.17, 15) is 0 Å². The van der Waals surface area contributed by atoms with E-state index >= 15 is 0 Å². The maximum Gasteiger partial charge on any atom is 0.116 e. The van der Waals surface area contributed by atoms with Gasteiger partial charge in [0.2, 0.25) is 0 Å². The summed E-state index contributed by atoms with van der Waals surface area (Å²) >= 11 is 0. The van der Waals surface area contributed by atoms with E-state index in [4.69, 9.17) is 5.73 Å². The van der Waals surface area contributed by atoms with Gasteiger partial charge in [0, 0.05) is 19.2 Å². The molecule has 1 aromatic rings. The van der Waals surface area contributed by atoms with E-state index in [2.05, 4.69) is 16.8 Å². The molecule has 0 saturated carbocycles. The van der Waals surface area contributed by atoms with Crippen molar-refractivity contribution in [3.8, 4) is 11.8 Å². The minimum atomic E-state index is 0.610. The number of hydrogen-bond donors (Lipinski definition) is 1. The average Bonchev–Trinajstić information content (AvgIpc) is 2.09. The smallest absolute Gasteiger partial charge is 0.116 e. The van der Waals surface area contributed by atoms with E-state index in [1.807, 2.05) is 19.1 Å². The number of aromatic nitrogens is 1. The lowest BCUT2D eigenvalue weighted by atomic mass is 10.2. The highest BCUT2D eigenvalue weighted by Gasteiger charge is 1.90. The Hall–Kier alpha value is -1.33. The number of pyridine rings is 1. The van der Waals surface area contributed by atoms with Crippen LogP contribution in [0.3, 0.4) is 0 Å². The third-order valence-corrected chi connectivity index (χ3v) is 1.49. The molecule has 0 aliphatic rings. The largest absolute Gasteiger partial charge is 0.330 e. The maximum atomic E-state index is 5.31. The summed E-state index contributed by atoms with van der Waals surface area (Å²) in [4.78, 5) is 4.14. The molecule has 2 heteroatoms. The van der Waals surface area contributed by atoms with Gasteiger partial charge in [-0.2, -0.15) is 0 Å². The fraction of sp³-hybridized carbons (Fsp3) is 0.300. The summed E-state index contributed by atoms with van der Waals surface area (Å²) in [5, 5.41) is 0. The first-order chi connectivity index (χ1) is 5.84. The summed E-state index contributed by atoms with van der Waals surface area (Å²) in [5.74, 6) is 5.93. The highest BCUT2D eigenvalue weighted by Crippen LogP contribution is 1.99. The van der Waals surface area contributed by atoms with Gasteiger partial charge in [-0.15, -0.1) is 0 Å². The predicted molar refractivity (Wildman–Crippen MR) is 49.5 cm³/mol. The number of nitrogens with zero attached hydrogens (tertiary/aromatic N) is 1. The van der Waals surface area contributed by atoms with Gasteiger partial charge in [-0.05, 0) is 24.5 Å². The Morgan fingerprint density at radius 2 is 2.42 bits per heavy atom. The van der Waals surface area contributed by atoms with Gasteiger partial charge in [0.25, 0.3) is 0 Å². The van der Waals surface area contributed by atoms with Crippen LogP contribution in [0.4, 0.5) is 0 Å². The van der Waals surface area contributed by atoms with Crippen LogP contribution in [0.2, 0.25) is 0 Å². The van der Waals surface area contributed by atoms with Crippen molar-refractivity contribution in [2.45, 2.75) is 13.3 Å². The first kappa shape index (κ1) is 8.76. The summed E-state index contributed by atoms with van der Waals surface area (Å²) in [5.41, 5.74) is 7.27. The van der Waals surface area contributed by atoms with Crippen LogP contribution in [0.15, 0.2) is 18.3 Å². The van der Waals surface area contributed by atoms with Crippen LogP contribution < -0.4 is 5.73 Å². The van der Waals surface area contributed by atoms with Gasteiger partial charge in [-0.3, -0.25) is 0 Å². The summed E-state index contributed by atoms with van der Waals surface area (Å²) in [7, 11) is 0. The van der Waals surface area contributed by atoms with E-state index in [-0.39, 0.29) is 0 Å². The molecule has 12 heavy (non-hydrogen) atoms. The van der Waals surface area contributed by atoms with Gasteiger partial charge in [-0.25, -0.2) is 4.98 Å². The van der Waals surface area contributed by atoms with E-state index < -0.39 is 0 Å². The van der Waals surface area contributed by atoms with Crippen molar-refractivity contribution in [3.05, 3.63) is 29.6 Å². The molecule has 0 unspecified atom stereocenters. The Morgan fingerprint density at radius 3 is 3.08 bits per heavy atom. The molecule has 1 heterocycles. The van der Waals surface area contributed by atoms with Gasteiger partial charge in [0.15, 0.2) is 0 Å². The normalized spacial score (nSPS) is 8.83. The minimum Gasteiger partial charge on any atom is -0.330 e. The Bertz CT molecular complexity index is 307. The van der Waals surface area contributed by atoms with Crippen molar-refractivity contribution in [2.24, 2.45) is 5.73 Å². The van der Waals surface area contributed by atoms with E-state index in [1.54, 1.807) is 6.20 Å². The van der Waals surface area contributed by atoms with Crippen LogP contribution in [0.25, 0.3) is 0 Å². The Kier molecular flexibility index (Phi) is 3.31. The van der Waals surface area contributed by atoms with Crippen LogP contribution in [0.1, 0.15) is 17.7 Å². The molecule has 0 fully saturated rings. The zero-order valence-electron chi connectivity index (χ0n) is 7.17.